The highest BCUT2D eigenvalue weighted by Crippen LogP contribution is 2.24. The molecule has 0 heterocycles. The Labute approximate surface area is 144 Å². The van der Waals surface area contributed by atoms with Crippen molar-refractivity contribution in [3.63, 3.8) is 0 Å². The molecular formula is C18H15ClN2O3. The summed E-state index contributed by atoms with van der Waals surface area (Å²) in [5.74, 6) is -0.250. The van der Waals surface area contributed by atoms with Crippen molar-refractivity contribution in [3.05, 3.63) is 58.6 Å². The summed E-state index contributed by atoms with van der Waals surface area (Å²) in [4.78, 5) is 23.9. The molecule has 0 aliphatic heterocycles. The van der Waals surface area contributed by atoms with Crippen LogP contribution < -0.4 is 10.1 Å². The molecule has 5 nitrogen and oxygen atoms in total. The number of benzene rings is 2. The Morgan fingerprint density at radius 3 is 2.71 bits per heavy atom. The minimum absolute atomic E-state index is 0.122. The minimum Gasteiger partial charge on any atom is -0.483 e. The quantitative estimate of drug-likeness (QED) is 0.809. The first-order valence-corrected chi connectivity index (χ1v) is 7.67. The third-order valence-corrected chi connectivity index (χ3v) is 3.48. The molecule has 2 rings (SSSR count). The number of nitrogens with zero attached hydrogens (tertiary/aromatic N) is 1. The highest BCUT2D eigenvalue weighted by Gasteiger charge is 2.13. The van der Waals surface area contributed by atoms with Gasteiger partial charge in [0.1, 0.15) is 11.8 Å². The molecule has 0 unspecified atom stereocenters. The van der Waals surface area contributed by atoms with Crippen LogP contribution in [0.1, 0.15) is 29.3 Å². The Kier molecular flexibility index (Phi) is 5.94. The minimum atomic E-state index is -0.428. The number of halogens is 1. The van der Waals surface area contributed by atoms with Crippen molar-refractivity contribution in [2.45, 2.75) is 13.3 Å². The summed E-state index contributed by atoms with van der Waals surface area (Å²) >= 11 is 5.90. The largest absolute Gasteiger partial charge is 0.483 e. The Morgan fingerprint density at radius 2 is 2.00 bits per heavy atom. The number of carbonyl (C=O) groups excluding carboxylic acids is 2. The lowest BCUT2D eigenvalue weighted by atomic mass is 10.1. The molecule has 0 aliphatic carbocycles. The zero-order chi connectivity index (χ0) is 17.5. The lowest BCUT2D eigenvalue weighted by Crippen LogP contribution is -2.21. The van der Waals surface area contributed by atoms with Crippen LogP contribution in [0.4, 0.5) is 5.69 Å². The number of anilines is 1. The molecule has 6 heteroatoms. The maximum atomic E-state index is 12.0. The molecular weight excluding hydrogens is 328 g/mol. The van der Waals surface area contributed by atoms with Crippen molar-refractivity contribution in [2.24, 2.45) is 0 Å². The predicted molar refractivity (Wildman–Crippen MR) is 91.4 cm³/mol. The maximum Gasteiger partial charge on any atom is 0.262 e. The molecule has 0 aliphatic rings. The van der Waals surface area contributed by atoms with Crippen LogP contribution in [0.3, 0.4) is 0 Å². The number of rotatable bonds is 6. The number of ether oxygens (including phenoxy) is 1. The Balaban J connectivity index is 2.07. The molecule has 0 spiro atoms. The van der Waals surface area contributed by atoms with E-state index in [0.29, 0.717) is 34.0 Å². The number of carbonyl (C=O) groups is 2. The smallest absolute Gasteiger partial charge is 0.262 e. The summed E-state index contributed by atoms with van der Waals surface area (Å²) in [5.41, 5.74) is 1.11. The molecule has 2 aromatic rings. The third kappa shape index (κ3) is 4.34. The number of amides is 1. The van der Waals surface area contributed by atoms with Gasteiger partial charge in [0, 0.05) is 11.4 Å². The van der Waals surface area contributed by atoms with Gasteiger partial charge in [-0.15, -0.1) is 0 Å². The number of hydrogen-bond donors (Lipinski definition) is 1. The summed E-state index contributed by atoms with van der Waals surface area (Å²) in [6.45, 7) is 1.45. The zero-order valence-electron chi connectivity index (χ0n) is 13.0. The van der Waals surface area contributed by atoms with E-state index in [1.807, 2.05) is 6.07 Å². The number of Topliss-reactive ketones (excluding diaryl/α,β-unsaturated/α-hetero) is 1. The van der Waals surface area contributed by atoms with Crippen molar-refractivity contribution < 1.29 is 14.3 Å². The second-order valence-corrected chi connectivity index (χ2v) is 5.35. The lowest BCUT2D eigenvalue weighted by molar-refractivity contribution is -0.118. The summed E-state index contributed by atoms with van der Waals surface area (Å²) in [6, 6.07) is 13.3. The first kappa shape index (κ1) is 17.5. The average Bonchev–Trinajstić information content (AvgIpc) is 2.60. The molecule has 24 heavy (non-hydrogen) atoms. The van der Waals surface area contributed by atoms with Crippen LogP contribution in [0.5, 0.6) is 5.75 Å². The van der Waals surface area contributed by atoms with Crippen LogP contribution in [0, 0.1) is 11.3 Å². The molecule has 0 fully saturated rings. The standard InChI is InChI=1S/C18H15ClN2O3/c1-2-16(22)14-9-13(19)7-8-17(14)24-11-18(23)21-15-6-4-3-5-12(15)10-20/h3-9H,2,11H2,1H3,(H,21,23). The van der Waals surface area contributed by atoms with E-state index in [9.17, 15) is 9.59 Å². The second-order valence-electron chi connectivity index (χ2n) is 4.91. The lowest BCUT2D eigenvalue weighted by Gasteiger charge is -2.11. The fourth-order valence-corrected chi connectivity index (χ4v) is 2.23. The monoisotopic (exact) mass is 342 g/mol. The van der Waals surface area contributed by atoms with Crippen molar-refractivity contribution in [3.8, 4) is 11.8 Å². The van der Waals surface area contributed by atoms with E-state index >= 15 is 0 Å². The van der Waals surface area contributed by atoms with Gasteiger partial charge in [0.15, 0.2) is 12.4 Å². The molecule has 122 valence electrons. The summed E-state index contributed by atoms with van der Waals surface area (Å²) in [7, 11) is 0. The molecule has 0 aromatic heterocycles. The average molecular weight is 343 g/mol. The van der Waals surface area contributed by atoms with E-state index in [0.717, 1.165) is 0 Å². The molecule has 0 radical (unpaired) electrons. The summed E-state index contributed by atoms with van der Waals surface area (Å²) in [6.07, 6.45) is 0.304. The number of para-hydroxylation sites is 1. The van der Waals surface area contributed by atoms with Crippen LogP contribution in [0.15, 0.2) is 42.5 Å². The van der Waals surface area contributed by atoms with Crippen LogP contribution >= 0.6 is 11.6 Å². The second kappa shape index (κ2) is 8.14. The van der Waals surface area contributed by atoms with Gasteiger partial charge in [0.05, 0.1) is 16.8 Å². The van der Waals surface area contributed by atoms with Gasteiger partial charge in [-0.25, -0.2) is 0 Å². The van der Waals surface area contributed by atoms with Crippen LogP contribution in [0.25, 0.3) is 0 Å². The topological polar surface area (TPSA) is 79.2 Å². The van der Waals surface area contributed by atoms with Crippen molar-refractivity contribution in [1.29, 1.82) is 5.26 Å². The van der Waals surface area contributed by atoms with E-state index in [-0.39, 0.29) is 12.4 Å². The fraction of sp³-hybridized carbons (Fsp3) is 0.167. The molecule has 0 atom stereocenters. The molecule has 2 aromatic carbocycles. The van der Waals surface area contributed by atoms with Gasteiger partial charge in [0.2, 0.25) is 0 Å². The van der Waals surface area contributed by atoms with E-state index in [1.54, 1.807) is 43.3 Å². The third-order valence-electron chi connectivity index (χ3n) is 3.24. The normalized spacial score (nSPS) is 9.88. The molecule has 1 amide bonds. The first-order chi connectivity index (χ1) is 11.5. The van der Waals surface area contributed by atoms with E-state index in [1.165, 1.54) is 6.07 Å². The Morgan fingerprint density at radius 1 is 1.25 bits per heavy atom. The maximum absolute atomic E-state index is 12.0. The number of nitrogens with one attached hydrogen (secondary N) is 1. The van der Waals surface area contributed by atoms with E-state index in [4.69, 9.17) is 21.6 Å². The molecule has 1 N–H and O–H groups in total. The Bertz CT molecular complexity index is 812. The summed E-state index contributed by atoms with van der Waals surface area (Å²) in [5, 5.41) is 12.0. The van der Waals surface area contributed by atoms with Gasteiger partial charge < -0.3 is 10.1 Å². The van der Waals surface area contributed by atoms with Gasteiger partial charge in [-0.05, 0) is 30.3 Å². The van der Waals surface area contributed by atoms with Crippen LogP contribution in [0.2, 0.25) is 5.02 Å². The van der Waals surface area contributed by atoms with Gasteiger partial charge in [-0.3, -0.25) is 9.59 Å². The number of hydrogen-bond acceptors (Lipinski definition) is 4. The zero-order valence-corrected chi connectivity index (χ0v) is 13.8. The highest BCUT2D eigenvalue weighted by atomic mass is 35.5. The van der Waals surface area contributed by atoms with Crippen LogP contribution in [-0.2, 0) is 4.79 Å². The first-order valence-electron chi connectivity index (χ1n) is 7.29. The molecule has 0 saturated heterocycles. The number of ketones is 1. The fourth-order valence-electron chi connectivity index (χ4n) is 2.06. The van der Waals surface area contributed by atoms with Gasteiger partial charge >= 0.3 is 0 Å². The van der Waals surface area contributed by atoms with Gasteiger partial charge in [-0.2, -0.15) is 5.26 Å². The molecule has 0 saturated carbocycles. The molecule has 0 bridgehead atoms. The highest BCUT2D eigenvalue weighted by molar-refractivity contribution is 6.31. The Hall–Kier alpha value is -2.84. The van der Waals surface area contributed by atoms with Crippen molar-refractivity contribution in [1.82, 2.24) is 0 Å². The predicted octanol–water partition coefficient (Wildman–Crippen LogP) is 3.82. The van der Waals surface area contributed by atoms with Gasteiger partial charge in [0.25, 0.3) is 5.91 Å². The van der Waals surface area contributed by atoms with E-state index in [2.05, 4.69) is 5.32 Å². The van der Waals surface area contributed by atoms with E-state index < -0.39 is 5.91 Å². The summed E-state index contributed by atoms with van der Waals surface area (Å²) < 4.78 is 5.45. The van der Waals surface area contributed by atoms with Crippen molar-refractivity contribution >= 4 is 29.0 Å². The number of nitriles is 1. The van der Waals surface area contributed by atoms with Gasteiger partial charge in [-0.1, -0.05) is 30.7 Å². The van der Waals surface area contributed by atoms with Crippen molar-refractivity contribution in [2.75, 3.05) is 11.9 Å². The van der Waals surface area contributed by atoms with Crippen LogP contribution in [-0.4, -0.2) is 18.3 Å². The SMILES string of the molecule is CCC(=O)c1cc(Cl)ccc1OCC(=O)Nc1ccccc1C#N.